The lowest BCUT2D eigenvalue weighted by Crippen LogP contribution is -2.24. The maximum Gasteiger partial charge on any atom is 0.337 e. The highest BCUT2D eigenvalue weighted by Gasteiger charge is 2.18. The predicted octanol–water partition coefficient (Wildman–Crippen LogP) is 1.89. The summed E-state index contributed by atoms with van der Waals surface area (Å²) in [5.74, 6) is -1.16. The molecule has 0 aromatic heterocycles. The van der Waals surface area contributed by atoms with Gasteiger partial charge in [0.25, 0.3) is 0 Å². The number of carboxylic acids is 1. The highest BCUT2D eigenvalue weighted by Crippen LogP contribution is 2.21. The summed E-state index contributed by atoms with van der Waals surface area (Å²) in [6.07, 6.45) is 0.830. The van der Waals surface area contributed by atoms with Gasteiger partial charge in [0, 0.05) is 18.3 Å². The Morgan fingerprint density at radius 3 is 2.50 bits per heavy atom. The number of aromatic carboxylic acids is 1. The molecule has 3 N–H and O–H groups in total. The summed E-state index contributed by atoms with van der Waals surface area (Å²) in [6, 6.07) is 4.16. The molecule has 0 amide bonds. The molecule has 20 heavy (non-hydrogen) atoms. The summed E-state index contributed by atoms with van der Waals surface area (Å²) in [6.45, 7) is 5.81. The molecular formula is C13H20N2O4S. The third-order valence-electron chi connectivity index (χ3n) is 2.88. The fraction of sp³-hybridized carbons (Fsp3) is 0.462. The molecule has 0 aliphatic rings. The van der Waals surface area contributed by atoms with E-state index >= 15 is 0 Å². The van der Waals surface area contributed by atoms with Gasteiger partial charge >= 0.3 is 5.97 Å². The normalized spacial score (nSPS) is 12.9. The molecular weight excluding hydrogens is 280 g/mol. The summed E-state index contributed by atoms with van der Waals surface area (Å²) in [4.78, 5) is 11.2. The van der Waals surface area contributed by atoms with E-state index in [0.717, 1.165) is 6.42 Å². The van der Waals surface area contributed by atoms with Crippen LogP contribution in [0.2, 0.25) is 0 Å². The largest absolute Gasteiger partial charge is 0.478 e. The smallest absolute Gasteiger partial charge is 0.337 e. The maximum atomic E-state index is 11.9. The van der Waals surface area contributed by atoms with E-state index in [1.54, 1.807) is 6.92 Å². The second kappa shape index (κ2) is 6.71. The molecule has 1 atom stereocenters. The molecule has 1 unspecified atom stereocenters. The zero-order chi connectivity index (χ0) is 15.3. The lowest BCUT2D eigenvalue weighted by molar-refractivity contribution is 0.0697. The van der Waals surface area contributed by atoms with E-state index in [-0.39, 0.29) is 23.0 Å². The van der Waals surface area contributed by atoms with Gasteiger partial charge in [-0.15, -0.1) is 0 Å². The first kappa shape index (κ1) is 16.5. The second-order valence-electron chi connectivity index (χ2n) is 4.47. The molecule has 1 rings (SSSR count). The summed E-state index contributed by atoms with van der Waals surface area (Å²) >= 11 is 0. The predicted molar refractivity (Wildman–Crippen MR) is 77.6 cm³/mol. The molecule has 0 heterocycles. The molecule has 112 valence electrons. The second-order valence-corrected chi connectivity index (χ2v) is 6.23. The van der Waals surface area contributed by atoms with Crippen LogP contribution in [0.15, 0.2) is 23.1 Å². The number of hydrogen-bond donors (Lipinski definition) is 3. The average Bonchev–Trinajstić information content (AvgIpc) is 2.38. The first-order valence-electron chi connectivity index (χ1n) is 6.45. The highest BCUT2D eigenvalue weighted by atomic mass is 32.2. The summed E-state index contributed by atoms with van der Waals surface area (Å²) in [7, 11) is -3.66. The van der Waals surface area contributed by atoms with Crippen molar-refractivity contribution in [1.29, 1.82) is 0 Å². The number of carbonyl (C=O) groups is 1. The molecule has 1 aromatic carbocycles. The van der Waals surface area contributed by atoms with Crippen LogP contribution in [0.1, 0.15) is 37.6 Å². The van der Waals surface area contributed by atoms with Crippen LogP contribution in [-0.2, 0) is 10.0 Å². The Balaban J connectivity index is 3.23. The van der Waals surface area contributed by atoms with Gasteiger partial charge in [-0.1, -0.05) is 13.8 Å². The van der Waals surface area contributed by atoms with Crippen molar-refractivity contribution in [2.24, 2.45) is 0 Å². The number of sulfonamides is 1. The van der Waals surface area contributed by atoms with Crippen molar-refractivity contribution in [2.45, 2.75) is 38.1 Å². The van der Waals surface area contributed by atoms with Gasteiger partial charge in [-0.3, -0.25) is 0 Å². The van der Waals surface area contributed by atoms with Gasteiger partial charge in [0.05, 0.1) is 10.5 Å². The minimum Gasteiger partial charge on any atom is -0.478 e. The lowest BCUT2D eigenvalue weighted by atomic mass is 10.1. The standard InChI is InChI=1S/C13H20N2O4S/c1-4-9(3)15-12-7-6-10(8-11(12)13(16)17)20(18,19)14-5-2/h6-9,14-15H,4-5H2,1-3H3,(H,16,17). The van der Waals surface area contributed by atoms with Gasteiger partial charge in [0.15, 0.2) is 0 Å². The average molecular weight is 300 g/mol. The van der Waals surface area contributed by atoms with Crippen molar-refractivity contribution in [2.75, 3.05) is 11.9 Å². The van der Waals surface area contributed by atoms with Crippen molar-refractivity contribution >= 4 is 21.7 Å². The summed E-state index contributed by atoms with van der Waals surface area (Å²) in [5.41, 5.74) is 0.367. The fourth-order valence-corrected chi connectivity index (χ4v) is 2.70. The Kier molecular flexibility index (Phi) is 5.52. The third-order valence-corrected chi connectivity index (χ3v) is 4.42. The lowest BCUT2D eigenvalue weighted by Gasteiger charge is -2.16. The number of nitrogens with one attached hydrogen (secondary N) is 2. The zero-order valence-corrected chi connectivity index (χ0v) is 12.6. The Morgan fingerprint density at radius 1 is 1.35 bits per heavy atom. The van der Waals surface area contributed by atoms with Crippen molar-refractivity contribution in [3.8, 4) is 0 Å². The van der Waals surface area contributed by atoms with Crippen LogP contribution in [0, 0.1) is 0 Å². The molecule has 0 aliphatic heterocycles. The molecule has 0 saturated heterocycles. The molecule has 0 aliphatic carbocycles. The third kappa shape index (κ3) is 3.94. The first-order valence-corrected chi connectivity index (χ1v) is 7.93. The van der Waals surface area contributed by atoms with Crippen molar-refractivity contribution in [3.63, 3.8) is 0 Å². The van der Waals surface area contributed by atoms with Crippen molar-refractivity contribution in [1.82, 2.24) is 4.72 Å². The van der Waals surface area contributed by atoms with E-state index in [1.165, 1.54) is 18.2 Å². The van der Waals surface area contributed by atoms with Gasteiger partial charge < -0.3 is 10.4 Å². The topological polar surface area (TPSA) is 95.5 Å². The molecule has 0 bridgehead atoms. The van der Waals surface area contributed by atoms with Crippen LogP contribution >= 0.6 is 0 Å². The van der Waals surface area contributed by atoms with Crippen LogP contribution in [-0.4, -0.2) is 32.1 Å². The SMILES string of the molecule is CCNS(=O)(=O)c1ccc(NC(C)CC)c(C(=O)O)c1. The quantitative estimate of drug-likeness (QED) is 0.714. The van der Waals surface area contributed by atoms with Crippen LogP contribution in [0.25, 0.3) is 0 Å². The van der Waals surface area contributed by atoms with Gasteiger partial charge in [0.1, 0.15) is 0 Å². The molecule has 0 radical (unpaired) electrons. The minimum atomic E-state index is -3.66. The molecule has 0 spiro atoms. The Hall–Kier alpha value is -1.60. The number of anilines is 1. The van der Waals surface area contributed by atoms with Gasteiger partial charge in [0.2, 0.25) is 10.0 Å². The minimum absolute atomic E-state index is 0.0496. The molecule has 0 saturated carbocycles. The molecule has 1 aromatic rings. The van der Waals surface area contributed by atoms with Crippen LogP contribution in [0.3, 0.4) is 0 Å². The fourth-order valence-electron chi connectivity index (χ4n) is 1.63. The number of benzene rings is 1. The molecule has 0 fully saturated rings. The Labute approximate surface area is 119 Å². The maximum absolute atomic E-state index is 11.9. The molecule has 6 nitrogen and oxygen atoms in total. The van der Waals surface area contributed by atoms with E-state index < -0.39 is 16.0 Å². The molecule has 7 heteroatoms. The van der Waals surface area contributed by atoms with Gasteiger partial charge in [-0.2, -0.15) is 0 Å². The van der Waals surface area contributed by atoms with Crippen LogP contribution in [0.5, 0.6) is 0 Å². The highest BCUT2D eigenvalue weighted by molar-refractivity contribution is 7.89. The Bertz CT molecular complexity index is 584. The van der Waals surface area contributed by atoms with E-state index in [1.807, 2.05) is 13.8 Å². The number of carboxylic acid groups (broad SMARTS) is 1. The van der Waals surface area contributed by atoms with Crippen LogP contribution in [0.4, 0.5) is 5.69 Å². The van der Waals surface area contributed by atoms with E-state index in [2.05, 4.69) is 10.0 Å². The van der Waals surface area contributed by atoms with Crippen molar-refractivity contribution < 1.29 is 18.3 Å². The summed E-state index contributed by atoms with van der Waals surface area (Å²) in [5, 5.41) is 12.3. The van der Waals surface area contributed by atoms with Gasteiger partial charge in [-0.05, 0) is 31.5 Å². The van der Waals surface area contributed by atoms with Crippen molar-refractivity contribution in [3.05, 3.63) is 23.8 Å². The zero-order valence-electron chi connectivity index (χ0n) is 11.8. The van der Waals surface area contributed by atoms with Gasteiger partial charge in [-0.25, -0.2) is 17.9 Å². The van der Waals surface area contributed by atoms with E-state index in [4.69, 9.17) is 0 Å². The number of rotatable bonds is 7. The first-order chi connectivity index (χ1) is 9.31. The number of hydrogen-bond acceptors (Lipinski definition) is 4. The Morgan fingerprint density at radius 2 is 2.00 bits per heavy atom. The van der Waals surface area contributed by atoms with Crippen LogP contribution < -0.4 is 10.0 Å². The van der Waals surface area contributed by atoms with E-state index in [0.29, 0.717) is 5.69 Å². The summed E-state index contributed by atoms with van der Waals surface area (Å²) < 4.78 is 26.1. The van der Waals surface area contributed by atoms with E-state index in [9.17, 15) is 18.3 Å². The monoisotopic (exact) mass is 300 g/mol.